The van der Waals surface area contributed by atoms with Gasteiger partial charge in [-0.2, -0.15) is 10.2 Å². The lowest BCUT2D eigenvalue weighted by atomic mass is 10.1. The van der Waals surface area contributed by atoms with Crippen molar-refractivity contribution in [3.63, 3.8) is 0 Å². The molecule has 0 spiro atoms. The molecule has 6 heteroatoms. The third-order valence-electron chi connectivity index (χ3n) is 2.01. The van der Waals surface area contributed by atoms with Crippen LogP contribution in [0.15, 0.2) is 40.6 Å². The molecule has 0 saturated heterocycles. The Labute approximate surface area is 128 Å². The first-order chi connectivity index (χ1) is 10.0. The molecule has 1 aromatic carbocycles. The Morgan fingerprint density at radius 3 is 1.95 bits per heavy atom. The fraction of sp³-hybridized carbons (Fsp3) is 0.467. The van der Waals surface area contributed by atoms with Gasteiger partial charge in [0.05, 0.1) is 5.69 Å². The van der Waals surface area contributed by atoms with Crippen LogP contribution in [0.1, 0.15) is 34.6 Å². The number of hydrogen-bond acceptors (Lipinski definition) is 4. The molecule has 0 aliphatic carbocycles. The molecule has 1 amide bonds. The number of ketones is 1. The van der Waals surface area contributed by atoms with E-state index < -0.39 is 17.7 Å². The topological polar surface area (TPSA) is 62.1 Å². The Balaban J connectivity index is 0. The molecule has 0 fully saturated rings. The van der Waals surface area contributed by atoms with Gasteiger partial charge in [0.1, 0.15) is 0 Å². The van der Waals surface area contributed by atoms with Crippen molar-refractivity contribution in [3.8, 4) is 0 Å². The average molecular weight is 289 g/mol. The first kappa shape index (κ1) is 21.3. The molecule has 114 valence electrons. The summed E-state index contributed by atoms with van der Waals surface area (Å²) in [6, 6.07) is 7.67. The maximum Gasteiger partial charge on any atom is 0.243 e. The maximum atomic E-state index is 11.5. The minimum absolute atomic E-state index is 0.396. The van der Waals surface area contributed by atoms with Crippen molar-refractivity contribution in [2.45, 2.75) is 40.7 Å². The van der Waals surface area contributed by atoms with Crippen molar-refractivity contribution >= 4 is 25.4 Å². The van der Waals surface area contributed by atoms with E-state index in [9.17, 15) is 9.59 Å². The summed E-state index contributed by atoms with van der Waals surface area (Å²) in [5.74, 6) is -0.982. The Bertz CT molecular complexity index is 434. The van der Waals surface area contributed by atoms with Crippen LogP contribution in [0.2, 0.25) is 0 Å². The van der Waals surface area contributed by atoms with Crippen LogP contribution >= 0.6 is 0 Å². The van der Waals surface area contributed by atoms with Crippen LogP contribution < -0.4 is 0 Å². The highest BCUT2D eigenvalue weighted by atomic mass is 16.2. The van der Waals surface area contributed by atoms with Crippen LogP contribution in [0.25, 0.3) is 0 Å². The molecule has 0 heterocycles. The van der Waals surface area contributed by atoms with Crippen LogP contribution in [0.3, 0.4) is 0 Å². The summed E-state index contributed by atoms with van der Waals surface area (Å²) in [6.07, 6.45) is 0. The molecule has 2 radical (unpaired) electrons. The monoisotopic (exact) mass is 289 g/mol. The van der Waals surface area contributed by atoms with Gasteiger partial charge in [0.2, 0.25) is 19.9 Å². The molecule has 0 aliphatic rings. The van der Waals surface area contributed by atoms with Gasteiger partial charge >= 0.3 is 0 Å². The zero-order valence-corrected chi connectivity index (χ0v) is 13.7. The SMILES string of the molecule is CC.CC.[B]N(C)C(=O)C(N=Nc1ccccc1)C(C)=O. The van der Waals surface area contributed by atoms with Crippen LogP contribution in [0.5, 0.6) is 0 Å². The van der Waals surface area contributed by atoms with Gasteiger partial charge in [-0.05, 0) is 26.1 Å². The predicted octanol–water partition coefficient (Wildman–Crippen LogP) is 3.32. The number of rotatable bonds is 4. The van der Waals surface area contributed by atoms with E-state index in [1.54, 1.807) is 24.3 Å². The van der Waals surface area contributed by atoms with Crippen LogP contribution in [0.4, 0.5) is 5.69 Å². The van der Waals surface area contributed by atoms with Gasteiger partial charge in [-0.15, -0.1) is 0 Å². The number of carbonyl (C=O) groups is 2. The van der Waals surface area contributed by atoms with E-state index in [4.69, 9.17) is 7.98 Å². The van der Waals surface area contributed by atoms with E-state index in [-0.39, 0.29) is 0 Å². The number of amides is 1. The average Bonchev–Trinajstić information content (AvgIpc) is 2.52. The van der Waals surface area contributed by atoms with E-state index in [1.807, 2.05) is 33.8 Å². The zero-order chi connectivity index (χ0) is 16.8. The summed E-state index contributed by atoms with van der Waals surface area (Å²) in [5, 5.41) is 7.55. The molecule has 5 nitrogen and oxygen atoms in total. The van der Waals surface area contributed by atoms with E-state index >= 15 is 0 Å². The molecule has 0 aromatic heterocycles. The number of hydrogen-bond donors (Lipinski definition) is 0. The van der Waals surface area contributed by atoms with Gasteiger partial charge in [-0.3, -0.25) is 9.59 Å². The maximum absolute atomic E-state index is 11.5. The Hall–Kier alpha value is -1.98. The zero-order valence-electron chi connectivity index (χ0n) is 13.7. The standard InChI is InChI=1S/C11H12BN3O2.2C2H6/c1-8(16)10(11(17)15(2)12)14-13-9-6-4-3-5-7-9;2*1-2/h3-7,10H,1-2H3;2*1-2H3. The molecule has 1 unspecified atom stereocenters. The first-order valence-corrected chi connectivity index (χ1v) is 7.01. The molecule has 0 bridgehead atoms. The smallest absolute Gasteiger partial charge is 0.243 e. The summed E-state index contributed by atoms with van der Waals surface area (Å²) < 4.78 is 0. The number of Topliss-reactive ketones (excluding diaryl/α,β-unsaturated/α-hetero) is 1. The van der Waals surface area contributed by atoms with Crippen molar-refractivity contribution in [3.05, 3.63) is 30.3 Å². The second-order valence-corrected chi connectivity index (χ2v) is 3.51. The minimum Gasteiger partial charge on any atom is -0.397 e. The predicted molar refractivity (Wildman–Crippen MR) is 86.6 cm³/mol. The summed E-state index contributed by atoms with van der Waals surface area (Å²) >= 11 is 0. The highest BCUT2D eigenvalue weighted by Crippen LogP contribution is 2.12. The van der Waals surface area contributed by atoms with Crippen LogP contribution in [-0.4, -0.2) is 37.6 Å². The molecule has 0 saturated carbocycles. The fourth-order valence-corrected chi connectivity index (χ4v) is 1.12. The van der Waals surface area contributed by atoms with Crippen LogP contribution in [0, 0.1) is 0 Å². The number of nitrogens with zero attached hydrogens (tertiary/aromatic N) is 3. The van der Waals surface area contributed by atoms with E-state index in [1.165, 1.54) is 14.0 Å². The minimum atomic E-state index is -1.18. The third-order valence-corrected chi connectivity index (χ3v) is 2.01. The highest BCUT2D eigenvalue weighted by Gasteiger charge is 2.23. The van der Waals surface area contributed by atoms with E-state index in [0.717, 1.165) is 4.81 Å². The molecule has 1 rings (SSSR count). The largest absolute Gasteiger partial charge is 0.397 e. The number of carbonyl (C=O) groups excluding carboxylic acids is 2. The normalized spacial score (nSPS) is 10.6. The van der Waals surface area contributed by atoms with E-state index in [2.05, 4.69) is 10.2 Å². The Morgan fingerprint density at radius 2 is 1.57 bits per heavy atom. The molecule has 1 atom stereocenters. The number of likely N-dealkylation sites (N-methyl/N-ethyl adjacent to an activating group) is 1. The molecule has 21 heavy (non-hydrogen) atoms. The van der Waals surface area contributed by atoms with Gasteiger partial charge in [0.15, 0.2) is 5.78 Å². The lowest BCUT2D eigenvalue weighted by Gasteiger charge is -2.14. The van der Waals surface area contributed by atoms with Crippen molar-refractivity contribution < 1.29 is 9.59 Å². The quantitative estimate of drug-likeness (QED) is 0.485. The fourth-order valence-electron chi connectivity index (χ4n) is 1.12. The number of benzene rings is 1. The van der Waals surface area contributed by atoms with E-state index in [0.29, 0.717) is 5.69 Å². The second-order valence-electron chi connectivity index (χ2n) is 3.51. The summed E-state index contributed by atoms with van der Waals surface area (Å²) in [4.78, 5) is 23.6. The van der Waals surface area contributed by atoms with Gasteiger partial charge in [-0.1, -0.05) is 45.9 Å². The van der Waals surface area contributed by atoms with Gasteiger partial charge in [0.25, 0.3) is 0 Å². The number of azo groups is 1. The summed E-state index contributed by atoms with van der Waals surface area (Å²) in [6.45, 7) is 9.27. The van der Waals surface area contributed by atoms with Crippen molar-refractivity contribution in [2.75, 3.05) is 7.05 Å². The lowest BCUT2D eigenvalue weighted by Crippen LogP contribution is -2.37. The molecule has 0 aliphatic heterocycles. The van der Waals surface area contributed by atoms with Gasteiger partial charge < -0.3 is 4.81 Å². The molecular weight excluding hydrogens is 265 g/mol. The Morgan fingerprint density at radius 1 is 1.10 bits per heavy atom. The summed E-state index contributed by atoms with van der Waals surface area (Å²) in [5.41, 5.74) is 0.575. The van der Waals surface area contributed by atoms with Crippen molar-refractivity contribution in [1.29, 1.82) is 0 Å². The second kappa shape index (κ2) is 13.0. The highest BCUT2D eigenvalue weighted by molar-refractivity contribution is 6.19. The molecule has 0 N–H and O–H groups in total. The van der Waals surface area contributed by atoms with Gasteiger partial charge in [0, 0.05) is 0 Å². The molecular formula is C15H24BN3O2. The first-order valence-electron chi connectivity index (χ1n) is 7.01. The van der Waals surface area contributed by atoms with Crippen LogP contribution in [-0.2, 0) is 9.59 Å². The van der Waals surface area contributed by atoms with Crippen molar-refractivity contribution in [2.24, 2.45) is 10.2 Å². The van der Waals surface area contributed by atoms with Crippen molar-refractivity contribution in [1.82, 2.24) is 4.81 Å². The molecule has 1 aromatic rings. The third kappa shape index (κ3) is 8.73. The Kier molecular flexibility index (Phi) is 13.2. The summed E-state index contributed by atoms with van der Waals surface area (Å²) in [7, 11) is 6.63. The van der Waals surface area contributed by atoms with Gasteiger partial charge in [-0.25, -0.2) is 0 Å². The lowest BCUT2D eigenvalue weighted by molar-refractivity contribution is -0.132.